The molecule has 2 aromatic heterocycles. The highest BCUT2D eigenvalue weighted by Gasteiger charge is 2.13. The molecule has 2 rings (SSSR count). The summed E-state index contributed by atoms with van der Waals surface area (Å²) >= 11 is 0. The molecule has 18 heavy (non-hydrogen) atoms. The topological polar surface area (TPSA) is 88.5 Å². The van der Waals surface area contributed by atoms with E-state index in [4.69, 9.17) is 8.94 Å². The number of hydrogen-bond acceptors (Lipinski definition) is 5. The van der Waals surface area contributed by atoms with Crippen LogP contribution in [0.15, 0.2) is 33.4 Å². The number of nitrogens with one attached hydrogen (secondary N) is 1. The molecule has 0 radical (unpaired) electrons. The third kappa shape index (κ3) is 2.98. The van der Waals surface area contributed by atoms with Crippen molar-refractivity contribution in [2.45, 2.75) is 19.4 Å². The number of aromatic nitrogens is 1. The van der Waals surface area contributed by atoms with Gasteiger partial charge in [0.15, 0.2) is 5.69 Å². The summed E-state index contributed by atoms with van der Waals surface area (Å²) in [6.45, 7) is 2.04. The van der Waals surface area contributed by atoms with Gasteiger partial charge in [0.2, 0.25) is 0 Å². The van der Waals surface area contributed by atoms with Crippen molar-refractivity contribution in [3.8, 4) is 0 Å². The van der Waals surface area contributed by atoms with Gasteiger partial charge in [-0.3, -0.25) is 4.79 Å². The molecule has 1 unspecified atom stereocenters. The fourth-order valence-corrected chi connectivity index (χ4v) is 1.51. The van der Waals surface area contributed by atoms with E-state index in [-0.39, 0.29) is 11.6 Å². The molecule has 0 saturated heterocycles. The molecule has 0 aromatic carbocycles. The van der Waals surface area contributed by atoms with Crippen LogP contribution < -0.4 is 5.32 Å². The Labute approximate surface area is 104 Å². The lowest BCUT2D eigenvalue weighted by Crippen LogP contribution is -2.25. The van der Waals surface area contributed by atoms with Gasteiger partial charge in [0.1, 0.15) is 17.6 Å². The van der Waals surface area contributed by atoms with Crippen LogP contribution in [0, 0.1) is 6.92 Å². The van der Waals surface area contributed by atoms with Gasteiger partial charge in [-0.25, -0.2) is 0 Å². The molecule has 2 heterocycles. The third-order valence-electron chi connectivity index (χ3n) is 2.44. The fraction of sp³-hybridized carbons (Fsp3) is 0.333. The number of aliphatic hydroxyl groups excluding tert-OH is 1. The molecule has 2 aromatic rings. The predicted octanol–water partition coefficient (Wildman–Crippen LogP) is 1.43. The number of aryl methyl sites for hydroxylation is 1. The van der Waals surface area contributed by atoms with Gasteiger partial charge >= 0.3 is 0 Å². The van der Waals surface area contributed by atoms with E-state index in [9.17, 15) is 9.90 Å². The van der Waals surface area contributed by atoms with Gasteiger partial charge in [-0.15, -0.1) is 0 Å². The highest BCUT2D eigenvalue weighted by atomic mass is 16.5. The highest BCUT2D eigenvalue weighted by molar-refractivity contribution is 5.92. The molecule has 1 atom stereocenters. The number of amides is 1. The SMILES string of the molecule is Cc1cc(C(=O)NCCC(O)c2ccco2)no1. The van der Waals surface area contributed by atoms with Crippen molar-refractivity contribution in [1.29, 1.82) is 0 Å². The normalized spacial score (nSPS) is 12.3. The number of nitrogens with zero attached hydrogens (tertiary/aromatic N) is 1. The van der Waals surface area contributed by atoms with Crippen molar-refractivity contribution in [2.75, 3.05) is 6.54 Å². The first kappa shape index (κ1) is 12.4. The summed E-state index contributed by atoms with van der Waals surface area (Å²) in [5.41, 5.74) is 0.236. The van der Waals surface area contributed by atoms with Gasteiger partial charge in [0, 0.05) is 12.6 Å². The average molecular weight is 250 g/mol. The molecule has 0 saturated carbocycles. The Kier molecular flexibility index (Phi) is 3.78. The van der Waals surface area contributed by atoms with E-state index in [1.165, 1.54) is 6.26 Å². The first-order valence-electron chi connectivity index (χ1n) is 5.60. The number of hydrogen-bond donors (Lipinski definition) is 2. The molecule has 6 heteroatoms. The van der Waals surface area contributed by atoms with E-state index in [1.807, 2.05) is 0 Å². The number of carbonyl (C=O) groups is 1. The zero-order chi connectivity index (χ0) is 13.0. The molecule has 0 fully saturated rings. The maximum Gasteiger partial charge on any atom is 0.273 e. The van der Waals surface area contributed by atoms with Gasteiger partial charge in [0.05, 0.1) is 6.26 Å². The van der Waals surface area contributed by atoms with E-state index in [1.54, 1.807) is 25.1 Å². The van der Waals surface area contributed by atoms with Crippen molar-refractivity contribution in [1.82, 2.24) is 10.5 Å². The summed E-state index contributed by atoms with van der Waals surface area (Å²) in [6.07, 6.45) is 1.14. The molecule has 2 N–H and O–H groups in total. The smallest absolute Gasteiger partial charge is 0.273 e. The predicted molar refractivity (Wildman–Crippen MR) is 61.9 cm³/mol. The number of aliphatic hydroxyl groups is 1. The van der Waals surface area contributed by atoms with E-state index in [0.29, 0.717) is 24.5 Å². The van der Waals surface area contributed by atoms with Crippen molar-refractivity contribution in [3.63, 3.8) is 0 Å². The van der Waals surface area contributed by atoms with Crippen molar-refractivity contribution in [3.05, 3.63) is 41.7 Å². The molecule has 0 bridgehead atoms. The van der Waals surface area contributed by atoms with Crippen LogP contribution in [0.25, 0.3) is 0 Å². The number of furan rings is 1. The van der Waals surface area contributed by atoms with Crippen LogP contribution in [-0.4, -0.2) is 22.7 Å². The van der Waals surface area contributed by atoms with Crippen LogP contribution in [0.4, 0.5) is 0 Å². The number of rotatable bonds is 5. The van der Waals surface area contributed by atoms with Gasteiger partial charge in [-0.1, -0.05) is 5.16 Å². The average Bonchev–Trinajstić information content (AvgIpc) is 2.99. The van der Waals surface area contributed by atoms with E-state index >= 15 is 0 Å². The zero-order valence-electron chi connectivity index (χ0n) is 9.92. The lowest BCUT2D eigenvalue weighted by molar-refractivity contribution is 0.0927. The first-order chi connectivity index (χ1) is 8.66. The van der Waals surface area contributed by atoms with E-state index in [0.717, 1.165) is 0 Å². The van der Waals surface area contributed by atoms with Crippen molar-refractivity contribution in [2.24, 2.45) is 0 Å². The number of carbonyl (C=O) groups excluding carboxylic acids is 1. The summed E-state index contributed by atoms with van der Waals surface area (Å²) in [4.78, 5) is 11.6. The quantitative estimate of drug-likeness (QED) is 0.838. The van der Waals surface area contributed by atoms with Crippen molar-refractivity contribution >= 4 is 5.91 Å². The first-order valence-corrected chi connectivity index (χ1v) is 5.60. The van der Waals surface area contributed by atoms with Crippen LogP contribution in [0.2, 0.25) is 0 Å². The monoisotopic (exact) mass is 250 g/mol. The molecular formula is C12H14N2O4. The Bertz CT molecular complexity index is 504. The van der Waals surface area contributed by atoms with Crippen LogP contribution in [0.3, 0.4) is 0 Å². The molecule has 0 spiro atoms. The maximum atomic E-state index is 11.6. The molecule has 0 aliphatic rings. The molecule has 0 aliphatic heterocycles. The Morgan fingerprint density at radius 1 is 1.61 bits per heavy atom. The van der Waals surface area contributed by atoms with Crippen LogP contribution in [0.5, 0.6) is 0 Å². The lowest BCUT2D eigenvalue weighted by atomic mass is 10.2. The second-order valence-corrected chi connectivity index (χ2v) is 3.90. The summed E-state index contributed by atoms with van der Waals surface area (Å²) < 4.78 is 9.85. The van der Waals surface area contributed by atoms with Gasteiger partial charge < -0.3 is 19.4 Å². The highest BCUT2D eigenvalue weighted by Crippen LogP contribution is 2.15. The Morgan fingerprint density at radius 2 is 2.44 bits per heavy atom. The van der Waals surface area contributed by atoms with Gasteiger partial charge in [-0.2, -0.15) is 0 Å². The van der Waals surface area contributed by atoms with Gasteiger partial charge in [-0.05, 0) is 25.5 Å². The minimum Gasteiger partial charge on any atom is -0.467 e. The van der Waals surface area contributed by atoms with Crippen LogP contribution >= 0.6 is 0 Å². The molecule has 96 valence electrons. The summed E-state index contributed by atoms with van der Waals surface area (Å²) in [7, 11) is 0. The largest absolute Gasteiger partial charge is 0.467 e. The Morgan fingerprint density at radius 3 is 3.06 bits per heavy atom. The summed E-state index contributed by atoms with van der Waals surface area (Å²) in [5, 5.41) is 16.0. The van der Waals surface area contributed by atoms with E-state index in [2.05, 4.69) is 10.5 Å². The zero-order valence-corrected chi connectivity index (χ0v) is 9.92. The molecule has 0 aliphatic carbocycles. The van der Waals surface area contributed by atoms with Crippen LogP contribution in [-0.2, 0) is 0 Å². The summed E-state index contributed by atoms with van der Waals surface area (Å²) in [5.74, 6) is 0.746. The van der Waals surface area contributed by atoms with Crippen molar-refractivity contribution < 1.29 is 18.8 Å². The Balaban J connectivity index is 1.77. The Hall–Kier alpha value is -2.08. The minimum absolute atomic E-state index is 0.236. The second kappa shape index (κ2) is 5.50. The fourth-order valence-electron chi connectivity index (χ4n) is 1.51. The minimum atomic E-state index is -0.723. The van der Waals surface area contributed by atoms with E-state index < -0.39 is 6.10 Å². The van der Waals surface area contributed by atoms with Crippen LogP contribution in [0.1, 0.15) is 34.5 Å². The molecular weight excluding hydrogens is 236 g/mol. The third-order valence-corrected chi connectivity index (χ3v) is 2.44. The molecule has 1 amide bonds. The van der Waals surface area contributed by atoms with Gasteiger partial charge in [0.25, 0.3) is 5.91 Å². The molecule has 6 nitrogen and oxygen atoms in total. The second-order valence-electron chi connectivity index (χ2n) is 3.90. The summed E-state index contributed by atoms with van der Waals surface area (Å²) in [6, 6.07) is 4.95. The standard InChI is InChI=1S/C12H14N2O4/c1-8-7-9(14-18-8)12(16)13-5-4-10(15)11-3-2-6-17-11/h2-3,6-7,10,15H,4-5H2,1H3,(H,13,16). The lowest BCUT2D eigenvalue weighted by Gasteiger charge is -2.07. The maximum absolute atomic E-state index is 11.6.